The van der Waals surface area contributed by atoms with E-state index in [1.54, 1.807) is 4.68 Å². The van der Waals surface area contributed by atoms with Crippen molar-refractivity contribution in [2.75, 3.05) is 13.2 Å². The van der Waals surface area contributed by atoms with E-state index in [0.29, 0.717) is 12.5 Å². The normalized spacial score (nSPS) is 13.2. The highest BCUT2D eigenvalue weighted by atomic mass is 35.5. The van der Waals surface area contributed by atoms with Crippen LogP contribution in [0.15, 0.2) is 6.20 Å². The van der Waals surface area contributed by atoms with Crippen molar-refractivity contribution in [2.24, 2.45) is 5.92 Å². The predicted molar refractivity (Wildman–Crippen MR) is 69.2 cm³/mol. The van der Waals surface area contributed by atoms with Crippen molar-refractivity contribution in [2.45, 2.75) is 45.5 Å². The van der Waals surface area contributed by atoms with Gasteiger partial charge < -0.3 is 4.74 Å². The quantitative estimate of drug-likeness (QED) is 0.532. The lowest BCUT2D eigenvalue weighted by molar-refractivity contribution is 0.113. The smallest absolute Gasteiger partial charge is 0.100 e. The van der Waals surface area contributed by atoms with E-state index in [0.717, 1.165) is 31.7 Å². The first kappa shape index (κ1) is 14.5. The van der Waals surface area contributed by atoms with Crippen LogP contribution < -0.4 is 0 Å². The van der Waals surface area contributed by atoms with Crippen LogP contribution in [0.2, 0.25) is 0 Å². The van der Waals surface area contributed by atoms with Gasteiger partial charge in [-0.05, 0) is 18.8 Å². The van der Waals surface area contributed by atoms with Gasteiger partial charge in [-0.25, -0.2) is 4.68 Å². The number of alkyl halides is 1. The second-order valence-electron chi connectivity index (χ2n) is 4.58. The topological polar surface area (TPSA) is 39.9 Å². The summed E-state index contributed by atoms with van der Waals surface area (Å²) in [5, 5.41) is 8.02. The van der Waals surface area contributed by atoms with Gasteiger partial charge in [0.1, 0.15) is 5.69 Å². The van der Waals surface area contributed by atoms with Gasteiger partial charge in [-0.3, -0.25) is 0 Å². The number of nitrogens with zero attached hydrogens (tertiary/aromatic N) is 3. The van der Waals surface area contributed by atoms with Gasteiger partial charge in [0.15, 0.2) is 0 Å². The van der Waals surface area contributed by atoms with Gasteiger partial charge in [-0.1, -0.05) is 26.0 Å². The van der Waals surface area contributed by atoms with E-state index < -0.39 is 0 Å². The molecule has 0 saturated heterocycles. The molecule has 0 aromatic carbocycles. The van der Waals surface area contributed by atoms with Gasteiger partial charge >= 0.3 is 0 Å². The van der Waals surface area contributed by atoms with Gasteiger partial charge in [0, 0.05) is 6.61 Å². The van der Waals surface area contributed by atoms with E-state index in [4.69, 9.17) is 16.3 Å². The molecule has 0 bridgehead atoms. The van der Waals surface area contributed by atoms with Crippen molar-refractivity contribution in [1.82, 2.24) is 15.0 Å². The van der Waals surface area contributed by atoms with Gasteiger partial charge in [-0.2, -0.15) is 0 Å². The van der Waals surface area contributed by atoms with Crippen LogP contribution in [0.4, 0.5) is 0 Å². The number of hydrogen-bond acceptors (Lipinski definition) is 3. The Kier molecular flexibility index (Phi) is 6.52. The molecule has 1 unspecified atom stereocenters. The van der Waals surface area contributed by atoms with Crippen LogP contribution in [-0.2, 0) is 11.3 Å². The standard InChI is InChI=1S/C12H22ClN3O/c1-4-11(13)12-9-16(15-14-12)6-8-17-7-5-10(2)3/h9-11H,4-8H2,1-3H3. The summed E-state index contributed by atoms with van der Waals surface area (Å²) in [7, 11) is 0. The Labute approximate surface area is 108 Å². The molecule has 0 N–H and O–H groups in total. The lowest BCUT2D eigenvalue weighted by Crippen LogP contribution is -2.08. The molecule has 17 heavy (non-hydrogen) atoms. The van der Waals surface area contributed by atoms with Crippen molar-refractivity contribution in [3.63, 3.8) is 0 Å². The van der Waals surface area contributed by atoms with E-state index >= 15 is 0 Å². The van der Waals surface area contributed by atoms with Crippen LogP contribution in [0.1, 0.15) is 44.7 Å². The maximum Gasteiger partial charge on any atom is 0.100 e. The molecule has 0 aliphatic heterocycles. The second-order valence-corrected chi connectivity index (χ2v) is 5.10. The summed E-state index contributed by atoms with van der Waals surface area (Å²) in [6.45, 7) is 8.64. The summed E-state index contributed by atoms with van der Waals surface area (Å²) in [5.41, 5.74) is 0.844. The van der Waals surface area contributed by atoms with Crippen molar-refractivity contribution >= 4 is 11.6 Å². The first-order valence-electron chi connectivity index (χ1n) is 6.25. The highest BCUT2D eigenvalue weighted by molar-refractivity contribution is 6.20. The number of halogens is 1. The maximum absolute atomic E-state index is 6.08. The molecule has 0 amide bonds. The molecule has 0 saturated carbocycles. The molecule has 1 heterocycles. The summed E-state index contributed by atoms with van der Waals surface area (Å²) < 4.78 is 7.31. The first-order chi connectivity index (χ1) is 8.13. The molecule has 0 fully saturated rings. The summed E-state index contributed by atoms with van der Waals surface area (Å²) in [6, 6.07) is 0. The van der Waals surface area contributed by atoms with Gasteiger partial charge in [0.25, 0.3) is 0 Å². The van der Waals surface area contributed by atoms with Crippen LogP contribution in [0, 0.1) is 5.92 Å². The highest BCUT2D eigenvalue weighted by Gasteiger charge is 2.09. The van der Waals surface area contributed by atoms with Crippen LogP contribution in [0.3, 0.4) is 0 Å². The average Bonchev–Trinajstić information content (AvgIpc) is 2.76. The third-order valence-corrected chi connectivity index (χ3v) is 3.07. The zero-order valence-corrected chi connectivity index (χ0v) is 11.7. The van der Waals surface area contributed by atoms with E-state index in [9.17, 15) is 0 Å². The van der Waals surface area contributed by atoms with Crippen molar-refractivity contribution in [1.29, 1.82) is 0 Å². The Morgan fingerprint density at radius 1 is 1.41 bits per heavy atom. The minimum absolute atomic E-state index is 0.0365. The minimum atomic E-state index is -0.0365. The molecule has 0 aliphatic carbocycles. The number of hydrogen-bond donors (Lipinski definition) is 0. The molecule has 4 nitrogen and oxygen atoms in total. The summed E-state index contributed by atoms with van der Waals surface area (Å²) >= 11 is 6.08. The van der Waals surface area contributed by atoms with E-state index in [-0.39, 0.29) is 5.38 Å². The third-order valence-electron chi connectivity index (χ3n) is 2.54. The molecule has 1 aromatic rings. The molecular weight excluding hydrogens is 238 g/mol. The molecule has 0 aliphatic rings. The molecule has 0 spiro atoms. The van der Waals surface area contributed by atoms with Crippen molar-refractivity contribution in [3.8, 4) is 0 Å². The van der Waals surface area contributed by atoms with Gasteiger partial charge in [0.05, 0.1) is 24.7 Å². The Balaban J connectivity index is 2.21. The second kappa shape index (κ2) is 7.67. The summed E-state index contributed by atoms with van der Waals surface area (Å²) in [6.07, 6.45) is 3.86. The maximum atomic E-state index is 6.08. The van der Waals surface area contributed by atoms with Crippen LogP contribution in [0.5, 0.6) is 0 Å². The van der Waals surface area contributed by atoms with Crippen LogP contribution in [0.25, 0.3) is 0 Å². The van der Waals surface area contributed by atoms with Crippen LogP contribution in [-0.4, -0.2) is 28.2 Å². The molecule has 1 aromatic heterocycles. The third kappa shape index (κ3) is 5.50. The Morgan fingerprint density at radius 2 is 2.18 bits per heavy atom. The molecule has 0 radical (unpaired) electrons. The summed E-state index contributed by atoms with van der Waals surface area (Å²) in [5.74, 6) is 0.689. The fourth-order valence-corrected chi connectivity index (χ4v) is 1.45. The fraction of sp³-hybridized carbons (Fsp3) is 0.833. The van der Waals surface area contributed by atoms with Crippen molar-refractivity contribution < 1.29 is 4.74 Å². The van der Waals surface area contributed by atoms with E-state index in [1.165, 1.54) is 0 Å². The predicted octanol–water partition coefficient (Wildman–Crippen LogP) is 3.03. The summed E-state index contributed by atoms with van der Waals surface area (Å²) in [4.78, 5) is 0. The molecule has 1 atom stereocenters. The van der Waals surface area contributed by atoms with E-state index in [1.807, 2.05) is 13.1 Å². The lowest BCUT2D eigenvalue weighted by atomic mass is 10.1. The zero-order chi connectivity index (χ0) is 12.7. The Morgan fingerprint density at radius 3 is 2.82 bits per heavy atom. The van der Waals surface area contributed by atoms with Gasteiger partial charge in [-0.15, -0.1) is 16.7 Å². The number of ether oxygens (including phenoxy) is 1. The molecule has 5 heteroatoms. The van der Waals surface area contributed by atoms with Crippen molar-refractivity contribution in [3.05, 3.63) is 11.9 Å². The monoisotopic (exact) mass is 259 g/mol. The average molecular weight is 260 g/mol. The van der Waals surface area contributed by atoms with E-state index in [2.05, 4.69) is 24.2 Å². The largest absolute Gasteiger partial charge is 0.380 e. The minimum Gasteiger partial charge on any atom is -0.380 e. The molecule has 1 rings (SSSR count). The van der Waals surface area contributed by atoms with Crippen LogP contribution >= 0.6 is 11.6 Å². The molecular formula is C12H22ClN3O. The fourth-order valence-electron chi connectivity index (χ4n) is 1.35. The zero-order valence-electron chi connectivity index (χ0n) is 10.9. The Hall–Kier alpha value is -0.610. The lowest BCUT2D eigenvalue weighted by Gasteiger charge is -2.06. The Bertz CT molecular complexity index is 314. The SMILES string of the molecule is CCC(Cl)c1cn(CCOCCC(C)C)nn1. The highest BCUT2D eigenvalue weighted by Crippen LogP contribution is 2.20. The van der Waals surface area contributed by atoms with Gasteiger partial charge in [0.2, 0.25) is 0 Å². The number of aromatic nitrogens is 3. The number of rotatable bonds is 8. The first-order valence-corrected chi connectivity index (χ1v) is 6.69. The molecule has 98 valence electrons.